The largest absolute Gasteiger partial charge is 0.491 e. The molecule has 0 atom stereocenters. The van der Waals surface area contributed by atoms with Gasteiger partial charge < -0.3 is 24.9 Å². The lowest BCUT2D eigenvalue weighted by Gasteiger charge is -2.10. The van der Waals surface area contributed by atoms with Gasteiger partial charge in [0.2, 0.25) is 6.33 Å². The van der Waals surface area contributed by atoms with Crippen LogP contribution in [0.25, 0.3) is 0 Å². The van der Waals surface area contributed by atoms with Crippen molar-refractivity contribution in [3.05, 3.63) is 50.4 Å². The van der Waals surface area contributed by atoms with Crippen LogP contribution in [0.5, 0.6) is 0 Å². The molecule has 0 saturated heterocycles. The van der Waals surface area contributed by atoms with Crippen LogP contribution in [0.1, 0.15) is 56.9 Å². The van der Waals surface area contributed by atoms with Crippen LogP contribution >= 0.6 is 11.3 Å². The zero-order valence-electron chi connectivity index (χ0n) is 18.7. The number of esters is 2. The number of thiophene rings is 1. The van der Waals surface area contributed by atoms with Gasteiger partial charge in [-0.3, -0.25) is 4.79 Å². The minimum Gasteiger partial charge on any atom is -0.462 e. The number of nitrogens with one attached hydrogen (secondary N) is 1. The topological polar surface area (TPSA) is 173 Å². The van der Waals surface area contributed by atoms with E-state index < -0.39 is 34.8 Å². The lowest BCUT2D eigenvalue weighted by Crippen LogP contribution is -2.18. The summed E-state index contributed by atoms with van der Waals surface area (Å²) in [6.45, 7) is 6.72. The Bertz CT molecular complexity index is 1240. The van der Waals surface area contributed by atoms with Crippen molar-refractivity contribution in [1.82, 2.24) is 24.5 Å². The van der Waals surface area contributed by atoms with Crippen molar-refractivity contribution in [2.75, 3.05) is 11.9 Å². The van der Waals surface area contributed by atoms with Crippen LogP contribution in [0, 0.1) is 17.0 Å². The highest BCUT2D eigenvalue weighted by Gasteiger charge is 2.28. The zero-order valence-corrected chi connectivity index (χ0v) is 19.5. The lowest BCUT2D eigenvalue weighted by molar-refractivity contribution is -0.394. The molecule has 34 heavy (non-hydrogen) atoms. The summed E-state index contributed by atoms with van der Waals surface area (Å²) in [5, 5.41) is 21.2. The van der Waals surface area contributed by atoms with Crippen molar-refractivity contribution in [3.63, 3.8) is 0 Å². The number of anilines is 1. The van der Waals surface area contributed by atoms with Crippen molar-refractivity contribution < 1.29 is 28.8 Å². The first-order chi connectivity index (χ1) is 16.1. The molecule has 0 aliphatic rings. The van der Waals surface area contributed by atoms with E-state index in [0.29, 0.717) is 5.56 Å². The first-order valence-corrected chi connectivity index (χ1v) is 10.8. The van der Waals surface area contributed by atoms with Crippen molar-refractivity contribution in [2.45, 2.75) is 40.5 Å². The van der Waals surface area contributed by atoms with E-state index >= 15 is 0 Å². The summed E-state index contributed by atoms with van der Waals surface area (Å²) in [6, 6.07) is 1.42. The summed E-state index contributed by atoms with van der Waals surface area (Å²) in [7, 11) is 0. The number of aromatic nitrogens is 5. The Morgan fingerprint density at radius 2 is 1.97 bits per heavy atom. The molecule has 0 aromatic carbocycles. The Balaban J connectivity index is 1.83. The van der Waals surface area contributed by atoms with Crippen molar-refractivity contribution in [1.29, 1.82) is 0 Å². The van der Waals surface area contributed by atoms with Crippen molar-refractivity contribution in [3.8, 4) is 0 Å². The third-order valence-corrected chi connectivity index (χ3v) is 5.42. The third-order valence-electron chi connectivity index (χ3n) is 4.23. The van der Waals surface area contributed by atoms with Gasteiger partial charge in [0.1, 0.15) is 9.88 Å². The van der Waals surface area contributed by atoms with Gasteiger partial charge in [-0.15, -0.1) is 11.3 Å². The molecular formula is C19H21N7O7S. The van der Waals surface area contributed by atoms with Crippen LogP contribution in [0.15, 0.2) is 18.6 Å². The van der Waals surface area contributed by atoms with Gasteiger partial charge >= 0.3 is 17.9 Å². The minimum atomic E-state index is -0.728. The van der Waals surface area contributed by atoms with Gasteiger partial charge in [0.25, 0.3) is 5.91 Å². The van der Waals surface area contributed by atoms with Crippen LogP contribution in [-0.4, -0.2) is 60.0 Å². The second kappa shape index (κ2) is 10.2. The molecule has 0 radical (unpaired) electrons. The molecule has 14 nitrogen and oxygen atoms in total. The van der Waals surface area contributed by atoms with E-state index in [0.717, 1.165) is 17.7 Å². The fraction of sp³-hybridized carbons (Fsp3) is 0.368. The van der Waals surface area contributed by atoms with Gasteiger partial charge in [0.05, 0.1) is 18.3 Å². The Hall–Kier alpha value is -4.14. The number of hydrogen-bond donors (Lipinski definition) is 1. The smallest absolute Gasteiger partial charge is 0.462 e. The molecule has 0 spiro atoms. The Kier molecular flexibility index (Phi) is 7.35. The van der Waals surface area contributed by atoms with Gasteiger partial charge in [0.15, 0.2) is 12.4 Å². The normalized spacial score (nSPS) is 10.9. The molecule has 1 amide bonds. The highest BCUT2D eigenvalue weighted by Crippen LogP contribution is 2.34. The van der Waals surface area contributed by atoms with Crippen LogP contribution in [0.3, 0.4) is 0 Å². The predicted molar refractivity (Wildman–Crippen MR) is 118 cm³/mol. The van der Waals surface area contributed by atoms with Gasteiger partial charge in [0, 0.05) is 11.3 Å². The maximum Gasteiger partial charge on any atom is 0.491 e. The second-order valence-electron chi connectivity index (χ2n) is 7.11. The number of amides is 1. The average Bonchev–Trinajstić information content (AvgIpc) is 3.47. The second-order valence-corrected chi connectivity index (χ2v) is 8.13. The fourth-order valence-electron chi connectivity index (χ4n) is 2.83. The van der Waals surface area contributed by atoms with Crippen LogP contribution in [0.2, 0.25) is 0 Å². The summed E-state index contributed by atoms with van der Waals surface area (Å²) >= 11 is 0.899. The fourth-order valence-corrected chi connectivity index (χ4v) is 3.91. The monoisotopic (exact) mass is 491 g/mol. The van der Waals surface area contributed by atoms with E-state index in [1.54, 1.807) is 27.7 Å². The molecule has 3 aromatic rings. The number of rotatable bonds is 9. The Morgan fingerprint density at radius 3 is 2.59 bits per heavy atom. The SMILES string of the molecule is CCOC(=O)c1sc(NC(=O)c2ccn(Cn3cnc([N+](=O)[O-])n3)n2)c(C(=O)OC(C)C)c1C. The third kappa shape index (κ3) is 5.43. The molecule has 0 unspecified atom stereocenters. The van der Waals surface area contributed by atoms with Gasteiger partial charge in [-0.1, -0.05) is 4.98 Å². The van der Waals surface area contributed by atoms with Crippen LogP contribution < -0.4 is 5.32 Å². The number of nitro groups is 1. The maximum absolute atomic E-state index is 12.8. The zero-order chi connectivity index (χ0) is 25.0. The van der Waals surface area contributed by atoms with Crippen LogP contribution in [0.4, 0.5) is 10.9 Å². The van der Waals surface area contributed by atoms with Gasteiger partial charge in [-0.25, -0.2) is 14.3 Å². The minimum absolute atomic E-state index is 0.00142. The number of ether oxygens (including phenoxy) is 2. The first kappa shape index (κ1) is 24.5. The van der Waals surface area contributed by atoms with E-state index in [1.165, 1.54) is 21.6 Å². The van der Waals surface area contributed by atoms with E-state index in [4.69, 9.17) is 9.47 Å². The van der Waals surface area contributed by atoms with E-state index in [1.807, 2.05) is 0 Å². The molecule has 0 fully saturated rings. The molecule has 0 saturated carbocycles. The molecule has 3 aromatic heterocycles. The van der Waals surface area contributed by atoms with Crippen molar-refractivity contribution in [2.24, 2.45) is 0 Å². The molecule has 15 heteroatoms. The van der Waals surface area contributed by atoms with E-state index in [-0.39, 0.29) is 34.4 Å². The summed E-state index contributed by atoms with van der Waals surface area (Å²) in [4.78, 5) is 51.5. The molecular weight excluding hydrogens is 470 g/mol. The Labute approximate surface area is 196 Å². The first-order valence-electron chi connectivity index (χ1n) is 10.0. The maximum atomic E-state index is 12.8. The molecule has 3 rings (SSSR count). The van der Waals surface area contributed by atoms with Crippen molar-refractivity contribution >= 4 is 40.1 Å². The van der Waals surface area contributed by atoms with Crippen LogP contribution in [-0.2, 0) is 16.1 Å². The highest BCUT2D eigenvalue weighted by atomic mass is 32.1. The molecule has 180 valence electrons. The number of hydrogen-bond acceptors (Lipinski definition) is 11. The molecule has 0 aliphatic heterocycles. The number of nitrogens with zero attached hydrogens (tertiary/aromatic N) is 6. The van der Waals surface area contributed by atoms with Gasteiger partial charge in [-0.05, 0) is 44.2 Å². The summed E-state index contributed by atoms with van der Waals surface area (Å²) in [5.41, 5.74) is 0.397. The molecule has 3 heterocycles. The van der Waals surface area contributed by atoms with Gasteiger partial charge in [-0.2, -0.15) is 9.78 Å². The molecule has 0 bridgehead atoms. The molecule has 0 aliphatic carbocycles. The summed E-state index contributed by atoms with van der Waals surface area (Å²) in [5.74, 6) is -2.50. The summed E-state index contributed by atoms with van der Waals surface area (Å²) < 4.78 is 12.8. The summed E-state index contributed by atoms with van der Waals surface area (Å²) in [6.07, 6.45) is 2.22. The number of carbonyl (C=O) groups excluding carboxylic acids is 3. The average molecular weight is 491 g/mol. The number of carbonyl (C=O) groups is 3. The Morgan fingerprint density at radius 1 is 1.24 bits per heavy atom. The molecule has 1 N–H and O–H groups in total. The quantitative estimate of drug-likeness (QED) is 0.266. The van der Waals surface area contributed by atoms with E-state index in [9.17, 15) is 24.5 Å². The highest BCUT2D eigenvalue weighted by molar-refractivity contribution is 7.18. The lowest BCUT2D eigenvalue weighted by atomic mass is 10.1. The standard InChI is InChI=1S/C19H21N7O7S/c1-5-32-18(29)14-11(4)13(17(28)33-10(2)3)16(34-14)21-15(27)12-6-7-24(22-12)9-25-8-20-19(23-25)26(30)31/h6-8,10H,5,9H2,1-4H3,(H,21,27). The van der Waals surface area contributed by atoms with E-state index in [2.05, 4.69) is 20.5 Å². The predicted octanol–water partition coefficient (Wildman–Crippen LogP) is 2.25.